The van der Waals surface area contributed by atoms with E-state index in [-0.39, 0.29) is 11.1 Å². The van der Waals surface area contributed by atoms with Crippen LogP contribution in [0.25, 0.3) is 21.9 Å². The molecule has 5 heteroatoms. The first-order chi connectivity index (χ1) is 16.9. The maximum atomic E-state index is 14.7. The molecule has 4 rings (SSSR count). The lowest BCUT2D eigenvalue weighted by atomic mass is 9.99. The van der Waals surface area contributed by atoms with Gasteiger partial charge in [0.1, 0.15) is 17.5 Å². The summed E-state index contributed by atoms with van der Waals surface area (Å²) in [4.78, 5) is 0. The Labute approximate surface area is 201 Å². The first-order valence-electron chi connectivity index (χ1n) is 11.5. The Balaban J connectivity index is 1.58. The normalized spacial score (nSPS) is 10.9. The molecule has 0 saturated carbocycles. The largest absolute Gasteiger partial charge is 0.206 e. The predicted octanol–water partition coefficient (Wildman–Crippen LogP) is 8.72. The minimum atomic E-state index is -0.993. The molecule has 4 aromatic carbocycles. The quantitative estimate of drug-likeness (QED) is 0.148. The predicted molar refractivity (Wildman–Crippen MR) is 129 cm³/mol. The Bertz CT molecular complexity index is 1420. The van der Waals surface area contributed by atoms with Crippen molar-refractivity contribution in [1.82, 2.24) is 0 Å². The molecule has 0 saturated heterocycles. The minimum Gasteiger partial charge on any atom is -0.206 e. The summed E-state index contributed by atoms with van der Waals surface area (Å²) in [6.07, 6.45) is 5.05. The first kappa shape index (κ1) is 24.5. The third-order valence-electron chi connectivity index (χ3n) is 5.92. The Morgan fingerprint density at radius 2 is 1.31 bits per heavy atom. The van der Waals surface area contributed by atoms with Crippen molar-refractivity contribution < 1.29 is 22.0 Å². The molecule has 0 aliphatic heterocycles. The van der Waals surface area contributed by atoms with Gasteiger partial charge < -0.3 is 0 Å². The zero-order valence-corrected chi connectivity index (χ0v) is 19.2. The standard InChI is InChI=1S/C30H23F5/c1-2-3-4-5-6-19-8-11-24(26(31)14-19)23-17-27(32)25(28(33)18-23)12-9-20-7-10-21-15-29(34)30(35)16-22(21)13-20/h7-8,10-11,13-18H,2-6H2,1H3. The van der Waals surface area contributed by atoms with Crippen molar-refractivity contribution in [3.63, 3.8) is 0 Å². The molecule has 0 N–H and O–H groups in total. The number of benzene rings is 4. The summed E-state index contributed by atoms with van der Waals surface area (Å²) >= 11 is 0. The van der Waals surface area contributed by atoms with Gasteiger partial charge in [0.15, 0.2) is 11.6 Å². The minimum absolute atomic E-state index is 0.0868. The number of aryl methyl sites for hydroxylation is 1. The molecule has 0 atom stereocenters. The van der Waals surface area contributed by atoms with Crippen molar-refractivity contribution in [3.8, 4) is 23.0 Å². The molecule has 0 radical (unpaired) electrons. The molecule has 0 aliphatic carbocycles. The van der Waals surface area contributed by atoms with E-state index < -0.39 is 34.6 Å². The fourth-order valence-corrected chi connectivity index (χ4v) is 4.01. The lowest BCUT2D eigenvalue weighted by molar-refractivity contribution is 0.511. The van der Waals surface area contributed by atoms with Crippen LogP contribution in [0.5, 0.6) is 0 Å². The van der Waals surface area contributed by atoms with E-state index >= 15 is 0 Å². The van der Waals surface area contributed by atoms with Crippen LogP contribution in [0.3, 0.4) is 0 Å². The summed E-state index contributed by atoms with van der Waals surface area (Å²) < 4.78 is 71.1. The van der Waals surface area contributed by atoms with Crippen molar-refractivity contribution in [1.29, 1.82) is 0 Å². The highest BCUT2D eigenvalue weighted by molar-refractivity contribution is 5.84. The van der Waals surface area contributed by atoms with Crippen molar-refractivity contribution >= 4 is 10.8 Å². The fourth-order valence-electron chi connectivity index (χ4n) is 4.01. The van der Waals surface area contributed by atoms with Crippen LogP contribution in [-0.2, 0) is 6.42 Å². The summed E-state index contributed by atoms with van der Waals surface area (Å²) in [5.74, 6) is 0.807. The highest BCUT2D eigenvalue weighted by atomic mass is 19.2. The van der Waals surface area contributed by atoms with Crippen LogP contribution in [0, 0.1) is 40.9 Å². The van der Waals surface area contributed by atoms with Crippen molar-refractivity contribution in [2.24, 2.45) is 0 Å². The van der Waals surface area contributed by atoms with Crippen LogP contribution in [-0.4, -0.2) is 0 Å². The highest BCUT2D eigenvalue weighted by Crippen LogP contribution is 2.28. The van der Waals surface area contributed by atoms with Gasteiger partial charge in [-0.2, -0.15) is 0 Å². The first-order valence-corrected chi connectivity index (χ1v) is 11.5. The number of halogens is 5. The molecular weight excluding hydrogens is 455 g/mol. The number of rotatable bonds is 6. The zero-order valence-electron chi connectivity index (χ0n) is 19.2. The van der Waals surface area contributed by atoms with Gasteiger partial charge in [0.25, 0.3) is 0 Å². The van der Waals surface area contributed by atoms with Crippen LogP contribution >= 0.6 is 0 Å². The van der Waals surface area contributed by atoms with Gasteiger partial charge in [-0.25, -0.2) is 22.0 Å². The van der Waals surface area contributed by atoms with Crippen molar-refractivity contribution in [2.45, 2.75) is 39.0 Å². The van der Waals surface area contributed by atoms with Crippen LogP contribution in [0.4, 0.5) is 22.0 Å². The van der Waals surface area contributed by atoms with E-state index in [4.69, 9.17) is 0 Å². The monoisotopic (exact) mass is 478 g/mol. The van der Waals surface area contributed by atoms with Gasteiger partial charge in [0.05, 0.1) is 5.56 Å². The second-order valence-electron chi connectivity index (χ2n) is 8.52. The van der Waals surface area contributed by atoms with Gasteiger partial charge in [-0.3, -0.25) is 0 Å². The Morgan fingerprint density at radius 3 is 2.00 bits per heavy atom. The summed E-state index contributed by atoms with van der Waals surface area (Å²) in [5.41, 5.74) is 0.982. The van der Waals surface area contributed by atoms with Gasteiger partial charge in [0.2, 0.25) is 0 Å². The van der Waals surface area contributed by atoms with Crippen molar-refractivity contribution in [3.05, 3.63) is 106 Å². The maximum absolute atomic E-state index is 14.7. The summed E-state index contributed by atoms with van der Waals surface area (Å²) in [5, 5.41) is 0.890. The number of unbranched alkanes of at least 4 members (excludes halogenated alkanes) is 3. The van der Waals surface area contributed by atoms with E-state index in [0.29, 0.717) is 16.3 Å². The van der Waals surface area contributed by atoms with E-state index in [1.54, 1.807) is 24.3 Å². The number of hydrogen-bond acceptors (Lipinski definition) is 0. The third-order valence-corrected chi connectivity index (χ3v) is 5.92. The Kier molecular flexibility index (Phi) is 7.51. The van der Waals surface area contributed by atoms with Gasteiger partial charge in [-0.15, -0.1) is 0 Å². The second-order valence-corrected chi connectivity index (χ2v) is 8.52. The van der Waals surface area contributed by atoms with E-state index in [9.17, 15) is 22.0 Å². The van der Waals surface area contributed by atoms with Crippen LogP contribution in [0.2, 0.25) is 0 Å². The van der Waals surface area contributed by atoms with Gasteiger partial charge in [-0.1, -0.05) is 56.2 Å². The lowest BCUT2D eigenvalue weighted by Crippen LogP contribution is -1.95. The molecule has 0 spiro atoms. The molecule has 0 nitrogen and oxygen atoms in total. The van der Waals surface area contributed by atoms with E-state index in [2.05, 4.69) is 18.8 Å². The maximum Gasteiger partial charge on any atom is 0.159 e. The molecule has 0 amide bonds. The molecule has 178 valence electrons. The average Bonchev–Trinajstić information content (AvgIpc) is 2.82. The Hall–Kier alpha value is -3.65. The molecule has 0 bridgehead atoms. The van der Waals surface area contributed by atoms with E-state index in [0.717, 1.165) is 61.9 Å². The molecule has 0 aliphatic rings. The molecule has 0 heterocycles. The molecule has 0 fully saturated rings. The van der Waals surface area contributed by atoms with Gasteiger partial charge >= 0.3 is 0 Å². The van der Waals surface area contributed by atoms with Gasteiger partial charge in [0, 0.05) is 11.1 Å². The summed E-state index contributed by atoms with van der Waals surface area (Å²) in [6.45, 7) is 2.12. The molecular formula is C30H23F5. The molecule has 0 unspecified atom stereocenters. The van der Waals surface area contributed by atoms with Crippen LogP contribution < -0.4 is 0 Å². The molecule has 4 aromatic rings. The average molecular weight is 479 g/mol. The lowest BCUT2D eigenvalue weighted by Gasteiger charge is -2.08. The van der Waals surface area contributed by atoms with E-state index in [1.807, 2.05) is 0 Å². The number of hydrogen-bond donors (Lipinski definition) is 0. The topological polar surface area (TPSA) is 0 Å². The van der Waals surface area contributed by atoms with Gasteiger partial charge in [-0.05, 0) is 77.2 Å². The third kappa shape index (κ3) is 5.71. The van der Waals surface area contributed by atoms with Crippen LogP contribution in [0.1, 0.15) is 49.3 Å². The number of fused-ring (bicyclic) bond motifs is 1. The fraction of sp³-hybridized carbons (Fsp3) is 0.200. The van der Waals surface area contributed by atoms with Crippen LogP contribution in [0.15, 0.2) is 60.7 Å². The zero-order chi connectivity index (χ0) is 24.9. The summed E-state index contributed by atoms with van der Waals surface area (Å²) in [7, 11) is 0. The smallest absolute Gasteiger partial charge is 0.159 e. The Morgan fingerprint density at radius 1 is 0.600 bits per heavy atom. The van der Waals surface area contributed by atoms with E-state index in [1.165, 1.54) is 12.1 Å². The molecule has 0 aromatic heterocycles. The second kappa shape index (κ2) is 10.7. The summed E-state index contributed by atoms with van der Waals surface area (Å²) in [6, 6.07) is 13.6. The van der Waals surface area contributed by atoms with Crippen molar-refractivity contribution in [2.75, 3.05) is 0 Å². The highest BCUT2D eigenvalue weighted by Gasteiger charge is 2.14. The molecule has 35 heavy (non-hydrogen) atoms. The SMILES string of the molecule is CCCCCCc1ccc(-c2cc(F)c(C#Cc3ccc4cc(F)c(F)cc4c3)c(F)c2)c(F)c1.